The van der Waals surface area contributed by atoms with E-state index in [9.17, 15) is 18.3 Å². The lowest BCUT2D eigenvalue weighted by Gasteiger charge is -2.34. The maximum Gasteiger partial charge on any atom is 0.573 e. The van der Waals surface area contributed by atoms with Gasteiger partial charge in [-0.05, 0) is 18.2 Å². The minimum absolute atomic E-state index is 0. The second kappa shape index (κ2) is 8.58. The lowest BCUT2D eigenvalue weighted by atomic mass is 10.0. The molecule has 1 aromatic rings. The van der Waals surface area contributed by atoms with Crippen LogP contribution in [-0.4, -0.2) is 56.3 Å². The van der Waals surface area contributed by atoms with Crippen molar-refractivity contribution in [1.29, 1.82) is 0 Å². The number of methoxy groups -OCH3 is 1. The molecule has 0 bridgehead atoms. The first-order valence-corrected chi connectivity index (χ1v) is 6.94. The molecule has 0 radical (unpaired) electrons. The summed E-state index contributed by atoms with van der Waals surface area (Å²) in [6.07, 6.45) is -4.75. The largest absolute Gasteiger partial charge is 0.573 e. The predicted molar refractivity (Wildman–Crippen MR) is 81.2 cm³/mol. The van der Waals surface area contributed by atoms with Crippen LogP contribution in [0.5, 0.6) is 11.5 Å². The topological polar surface area (TPSA) is 54.0 Å². The van der Waals surface area contributed by atoms with Crippen LogP contribution in [0.2, 0.25) is 0 Å². The molecule has 1 heterocycles. The van der Waals surface area contributed by atoms with Crippen LogP contribution in [0.4, 0.5) is 13.2 Å². The summed E-state index contributed by atoms with van der Waals surface area (Å²) >= 11 is 0. The number of nitrogens with zero attached hydrogens (tertiary/aromatic N) is 1. The molecule has 2 rings (SSSR count). The van der Waals surface area contributed by atoms with Crippen LogP contribution in [0.3, 0.4) is 0 Å². The standard InChI is InChI=1S/C14H19F3N2O3.ClH/c1-21-13-3-2-10(22-14(15,16)17)8-11(13)12(9-20)19-6-4-18-5-7-19;/h2-3,8,12,18,20H,4-7,9H2,1H3;1H/t12-;/m1./s1. The third kappa shape index (κ3) is 5.42. The molecule has 0 aliphatic carbocycles. The number of aliphatic hydroxyl groups excluding tert-OH is 1. The summed E-state index contributed by atoms with van der Waals surface area (Å²) in [5.74, 6) is 0.101. The second-order valence-corrected chi connectivity index (χ2v) is 4.94. The number of benzene rings is 1. The van der Waals surface area contributed by atoms with Crippen molar-refractivity contribution >= 4 is 12.4 Å². The van der Waals surface area contributed by atoms with Crippen LogP contribution in [0, 0.1) is 0 Å². The number of rotatable bonds is 5. The number of alkyl halides is 3. The molecule has 132 valence electrons. The van der Waals surface area contributed by atoms with Gasteiger partial charge >= 0.3 is 6.36 Å². The van der Waals surface area contributed by atoms with Crippen molar-refractivity contribution in [3.05, 3.63) is 23.8 Å². The van der Waals surface area contributed by atoms with E-state index in [-0.39, 0.29) is 24.8 Å². The van der Waals surface area contributed by atoms with E-state index < -0.39 is 12.4 Å². The van der Waals surface area contributed by atoms with Gasteiger partial charge in [-0.2, -0.15) is 0 Å². The minimum atomic E-state index is -4.75. The average molecular weight is 357 g/mol. The summed E-state index contributed by atoms with van der Waals surface area (Å²) in [6.45, 7) is 2.69. The highest BCUT2D eigenvalue weighted by Crippen LogP contribution is 2.34. The average Bonchev–Trinajstić information content (AvgIpc) is 2.48. The van der Waals surface area contributed by atoms with Crippen molar-refractivity contribution in [2.75, 3.05) is 39.9 Å². The Kier molecular flexibility index (Phi) is 7.40. The Morgan fingerprint density at radius 2 is 1.96 bits per heavy atom. The molecule has 5 nitrogen and oxygen atoms in total. The van der Waals surface area contributed by atoms with E-state index in [4.69, 9.17) is 4.74 Å². The molecular weight excluding hydrogens is 337 g/mol. The number of hydrogen-bond acceptors (Lipinski definition) is 5. The van der Waals surface area contributed by atoms with Gasteiger partial charge in [0.25, 0.3) is 0 Å². The van der Waals surface area contributed by atoms with Crippen molar-refractivity contribution in [3.8, 4) is 11.5 Å². The van der Waals surface area contributed by atoms with E-state index in [2.05, 4.69) is 10.1 Å². The molecule has 1 saturated heterocycles. The fraction of sp³-hybridized carbons (Fsp3) is 0.571. The van der Waals surface area contributed by atoms with E-state index >= 15 is 0 Å². The van der Waals surface area contributed by atoms with Gasteiger partial charge in [0.2, 0.25) is 0 Å². The number of aliphatic hydroxyl groups is 1. The zero-order valence-corrected chi connectivity index (χ0v) is 13.4. The molecular formula is C14H20ClF3N2O3. The van der Waals surface area contributed by atoms with Crippen LogP contribution in [-0.2, 0) is 0 Å². The molecule has 9 heteroatoms. The molecule has 0 saturated carbocycles. The number of hydrogen-bond donors (Lipinski definition) is 2. The third-order valence-electron chi connectivity index (χ3n) is 3.56. The maximum absolute atomic E-state index is 12.4. The molecule has 0 unspecified atom stereocenters. The predicted octanol–water partition coefficient (Wildman–Crippen LogP) is 1.95. The first-order valence-electron chi connectivity index (χ1n) is 6.94. The summed E-state index contributed by atoms with van der Waals surface area (Å²) in [7, 11) is 1.44. The Balaban J connectivity index is 0.00000264. The van der Waals surface area contributed by atoms with Crippen LogP contribution in [0.15, 0.2) is 18.2 Å². The molecule has 23 heavy (non-hydrogen) atoms. The lowest BCUT2D eigenvalue weighted by molar-refractivity contribution is -0.274. The van der Waals surface area contributed by atoms with Crippen LogP contribution >= 0.6 is 12.4 Å². The summed E-state index contributed by atoms with van der Waals surface area (Å²) in [6, 6.07) is 3.45. The van der Waals surface area contributed by atoms with Gasteiger partial charge in [0.1, 0.15) is 11.5 Å². The number of ether oxygens (including phenoxy) is 2. The molecule has 1 aromatic carbocycles. The van der Waals surface area contributed by atoms with Crippen LogP contribution < -0.4 is 14.8 Å². The highest BCUT2D eigenvalue weighted by Gasteiger charge is 2.32. The number of piperazine rings is 1. The Hall–Kier alpha value is -1.22. The highest BCUT2D eigenvalue weighted by molar-refractivity contribution is 5.85. The Labute approximate surface area is 138 Å². The third-order valence-corrected chi connectivity index (χ3v) is 3.56. The fourth-order valence-corrected chi connectivity index (χ4v) is 2.57. The zero-order chi connectivity index (χ0) is 16.2. The SMILES string of the molecule is COc1ccc(OC(F)(F)F)cc1[C@@H](CO)N1CCNCC1.Cl. The van der Waals surface area contributed by atoms with Gasteiger partial charge < -0.3 is 19.9 Å². The number of nitrogens with one attached hydrogen (secondary N) is 1. The highest BCUT2D eigenvalue weighted by atomic mass is 35.5. The van der Waals surface area contributed by atoms with E-state index in [1.54, 1.807) is 0 Å². The molecule has 1 atom stereocenters. The second-order valence-electron chi connectivity index (χ2n) is 4.94. The van der Waals surface area contributed by atoms with E-state index in [0.717, 1.165) is 13.1 Å². The van der Waals surface area contributed by atoms with Crippen molar-refractivity contribution in [2.24, 2.45) is 0 Å². The molecule has 1 aliphatic heterocycles. The molecule has 0 spiro atoms. The van der Waals surface area contributed by atoms with E-state index in [1.165, 1.54) is 25.3 Å². The van der Waals surface area contributed by atoms with Crippen molar-refractivity contribution in [2.45, 2.75) is 12.4 Å². The van der Waals surface area contributed by atoms with Gasteiger partial charge in [-0.1, -0.05) is 0 Å². The molecule has 0 aromatic heterocycles. The molecule has 1 fully saturated rings. The van der Waals surface area contributed by atoms with Gasteiger partial charge in [0, 0.05) is 31.7 Å². The first-order chi connectivity index (χ1) is 10.4. The lowest BCUT2D eigenvalue weighted by Crippen LogP contribution is -2.46. The summed E-state index contributed by atoms with van der Waals surface area (Å²) < 4.78 is 46.3. The maximum atomic E-state index is 12.4. The van der Waals surface area contributed by atoms with Crippen molar-refractivity contribution in [1.82, 2.24) is 10.2 Å². The Morgan fingerprint density at radius 3 is 2.48 bits per heavy atom. The van der Waals surface area contributed by atoms with Gasteiger partial charge in [-0.25, -0.2) is 0 Å². The van der Waals surface area contributed by atoms with Crippen LogP contribution in [0.25, 0.3) is 0 Å². The van der Waals surface area contributed by atoms with Gasteiger partial charge in [0.05, 0.1) is 19.8 Å². The summed E-state index contributed by atoms with van der Waals surface area (Å²) in [5, 5.41) is 12.9. The molecule has 2 N–H and O–H groups in total. The van der Waals surface area contributed by atoms with Crippen LogP contribution in [0.1, 0.15) is 11.6 Å². The van der Waals surface area contributed by atoms with E-state index in [0.29, 0.717) is 24.4 Å². The Morgan fingerprint density at radius 1 is 1.30 bits per heavy atom. The van der Waals surface area contributed by atoms with Gasteiger partial charge in [0.15, 0.2) is 0 Å². The summed E-state index contributed by atoms with van der Waals surface area (Å²) in [5.41, 5.74) is 0.480. The normalized spacial score (nSPS) is 17.3. The number of halogens is 4. The smallest absolute Gasteiger partial charge is 0.496 e. The quantitative estimate of drug-likeness (QED) is 0.844. The fourth-order valence-electron chi connectivity index (χ4n) is 2.57. The van der Waals surface area contributed by atoms with Crippen molar-refractivity contribution < 1.29 is 27.8 Å². The van der Waals surface area contributed by atoms with Crippen molar-refractivity contribution in [3.63, 3.8) is 0 Å². The monoisotopic (exact) mass is 356 g/mol. The van der Waals surface area contributed by atoms with Gasteiger partial charge in [-0.15, -0.1) is 25.6 Å². The van der Waals surface area contributed by atoms with Gasteiger partial charge in [-0.3, -0.25) is 4.90 Å². The summed E-state index contributed by atoms with van der Waals surface area (Å²) in [4.78, 5) is 2.01. The minimum Gasteiger partial charge on any atom is -0.496 e. The first kappa shape index (κ1) is 19.8. The zero-order valence-electron chi connectivity index (χ0n) is 12.6. The molecule has 1 aliphatic rings. The van der Waals surface area contributed by atoms with E-state index in [1.807, 2.05) is 4.90 Å². The molecule has 0 amide bonds. The Bertz CT molecular complexity index is 497.